The standard InChI is InChI=1S/C17H12F2N4/c1-9-4-2-5-10-15(9)22-17(21-13-8-20-23-16(10)13)14-11(18)6-3-7-12(14)19/h2-8H,1H3,(H,20,23)(H,21,22). The van der Waals surface area contributed by atoms with E-state index in [1.54, 1.807) is 6.20 Å². The molecule has 0 aliphatic carbocycles. The maximum absolute atomic E-state index is 14.2. The number of hydrogen-bond donors (Lipinski definition) is 2. The van der Waals surface area contributed by atoms with Crippen molar-refractivity contribution in [3.05, 3.63) is 65.4 Å². The Labute approximate surface area is 130 Å². The Balaban J connectivity index is 2.02. The summed E-state index contributed by atoms with van der Waals surface area (Å²) in [4.78, 5) is 4.50. The van der Waals surface area contributed by atoms with Crippen LogP contribution in [0.25, 0.3) is 11.3 Å². The zero-order valence-electron chi connectivity index (χ0n) is 12.2. The van der Waals surface area contributed by atoms with E-state index in [2.05, 4.69) is 20.5 Å². The third-order valence-electron chi connectivity index (χ3n) is 3.82. The highest BCUT2D eigenvalue weighted by Crippen LogP contribution is 2.39. The summed E-state index contributed by atoms with van der Waals surface area (Å²) in [7, 11) is 0. The molecule has 1 aliphatic heterocycles. The molecule has 0 spiro atoms. The quantitative estimate of drug-likeness (QED) is 0.709. The molecule has 23 heavy (non-hydrogen) atoms. The molecule has 0 amide bonds. The van der Waals surface area contributed by atoms with Crippen LogP contribution in [0, 0.1) is 18.6 Å². The number of benzene rings is 2. The SMILES string of the molecule is Cc1cccc2c1N=C(c1c(F)cccc1F)Nc1cn[nH]c1-2. The summed E-state index contributed by atoms with van der Waals surface area (Å²) in [6.07, 6.45) is 1.57. The Morgan fingerprint density at radius 3 is 2.52 bits per heavy atom. The highest BCUT2D eigenvalue weighted by molar-refractivity contribution is 6.13. The lowest BCUT2D eigenvalue weighted by Gasteiger charge is -2.09. The normalized spacial score (nSPS) is 12.7. The van der Waals surface area contributed by atoms with Gasteiger partial charge in [0.2, 0.25) is 0 Å². The minimum atomic E-state index is -0.668. The number of para-hydroxylation sites is 1. The summed E-state index contributed by atoms with van der Waals surface area (Å²) in [6, 6.07) is 9.45. The van der Waals surface area contributed by atoms with Crippen molar-refractivity contribution < 1.29 is 8.78 Å². The van der Waals surface area contributed by atoms with Crippen LogP contribution in [0.3, 0.4) is 0 Å². The van der Waals surface area contributed by atoms with Crippen LogP contribution < -0.4 is 5.32 Å². The van der Waals surface area contributed by atoms with Gasteiger partial charge in [-0.3, -0.25) is 5.10 Å². The van der Waals surface area contributed by atoms with Gasteiger partial charge in [0, 0.05) is 5.56 Å². The van der Waals surface area contributed by atoms with Crippen molar-refractivity contribution in [1.82, 2.24) is 10.2 Å². The number of aromatic nitrogens is 2. The molecule has 4 nitrogen and oxygen atoms in total. The molecule has 1 aromatic heterocycles. The van der Waals surface area contributed by atoms with Gasteiger partial charge in [0.25, 0.3) is 0 Å². The second-order valence-electron chi connectivity index (χ2n) is 5.31. The molecule has 2 heterocycles. The number of nitrogens with zero attached hydrogens (tertiary/aromatic N) is 2. The first-order chi connectivity index (χ1) is 11.1. The molecule has 2 aromatic carbocycles. The summed E-state index contributed by atoms with van der Waals surface area (Å²) in [5, 5.41) is 9.91. The number of H-pyrrole nitrogens is 1. The lowest BCUT2D eigenvalue weighted by molar-refractivity contribution is 0.579. The van der Waals surface area contributed by atoms with Crippen LogP contribution in [-0.4, -0.2) is 16.0 Å². The number of halogens is 2. The number of rotatable bonds is 1. The maximum atomic E-state index is 14.2. The van der Waals surface area contributed by atoms with E-state index < -0.39 is 11.6 Å². The number of amidine groups is 1. The van der Waals surface area contributed by atoms with Crippen molar-refractivity contribution in [3.63, 3.8) is 0 Å². The van der Waals surface area contributed by atoms with E-state index in [0.717, 1.165) is 16.8 Å². The third kappa shape index (κ3) is 2.11. The number of hydrogen-bond acceptors (Lipinski definition) is 3. The number of nitrogens with one attached hydrogen (secondary N) is 2. The van der Waals surface area contributed by atoms with Gasteiger partial charge >= 0.3 is 0 Å². The lowest BCUT2D eigenvalue weighted by Crippen LogP contribution is -2.16. The second kappa shape index (κ2) is 5.01. The topological polar surface area (TPSA) is 53.1 Å². The van der Waals surface area contributed by atoms with Gasteiger partial charge in [-0.05, 0) is 24.6 Å². The van der Waals surface area contributed by atoms with E-state index in [-0.39, 0.29) is 11.4 Å². The van der Waals surface area contributed by atoms with Crippen molar-refractivity contribution in [2.45, 2.75) is 6.92 Å². The van der Waals surface area contributed by atoms with Crippen molar-refractivity contribution in [1.29, 1.82) is 0 Å². The van der Waals surface area contributed by atoms with E-state index in [0.29, 0.717) is 11.4 Å². The van der Waals surface area contributed by atoms with Gasteiger partial charge in [0.1, 0.15) is 17.5 Å². The molecule has 114 valence electrons. The summed E-state index contributed by atoms with van der Waals surface area (Å²) in [5.74, 6) is -1.21. The Hall–Kier alpha value is -3.02. The van der Waals surface area contributed by atoms with E-state index in [1.807, 2.05) is 25.1 Å². The molecule has 4 rings (SSSR count). The summed E-state index contributed by atoms with van der Waals surface area (Å²) < 4.78 is 28.3. The molecule has 0 atom stereocenters. The van der Waals surface area contributed by atoms with Gasteiger partial charge in [-0.2, -0.15) is 5.10 Å². The number of aryl methyl sites for hydroxylation is 1. The fourth-order valence-corrected chi connectivity index (χ4v) is 2.71. The van der Waals surface area contributed by atoms with Crippen molar-refractivity contribution >= 4 is 17.2 Å². The molecule has 0 unspecified atom stereocenters. The van der Waals surface area contributed by atoms with Crippen LogP contribution in [0.4, 0.5) is 20.2 Å². The van der Waals surface area contributed by atoms with Gasteiger partial charge in [0.05, 0.1) is 28.8 Å². The minimum Gasteiger partial charge on any atom is -0.336 e. The predicted octanol–water partition coefficient (Wildman–Crippen LogP) is 4.17. The fourth-order valence-electron chi connectivity index (χ4n) is 2.71. The number of aromatic amines is 1. The van der Waals surface area contributed by atoms with Gasteiger partial charge < -0.3 is 5.32 Å². The fraction of sp³-hybridized carbons (Fsp3) is 0.0588. The first-order valence-corrected chi connectivity index (χ1v) is 7.08. The molecular formula is C17H12F2N4. The predicted molar refractivity (Wildman–Crippen MR) is 84.9 cm³/mol. The van der Waals surface area contributed by atoms with Crippen molar-refractivity contribution in [3.8, 4) is 11.3 Å². The summed E-state index contributed by atoms with van der Waals surface area (Å²) in [6.45, 7) is 1.90. The Morgan fingerprint density at radius 2 is 1.74 bits per heavy atom. The minimum absolute atomic E-state index is 0.122. The second-order valence-corrected chi connectivity index (χ2v) is 5.31. The zero-order valence-corrected chi connectivity index (χ0v) is 12.2. The number of aliphatic imine (C=N–C) groups is 1. The van der Waals surface area contributed by atoms with E-state index in [9.17, 15) is 8.78 Å². The third-order valence-corrected chi connectivity index (χ3v) is 3.82. The molecule has 6 heteroatoms. The van der Waals surface area contributed by atoms with Crippen LogP contribution in [0.5, 0.6) is 0 Å². The molecule has 3 aromatic rings. The van der Waals surface area contributed by atoms with Gasteiger partial charge in [-0.25, -0.2) is 13.8 Å². The highest BCUT2D eigenvalue weighted by Gasteiger charge is 2.23. The van der Waals surface area contributed by atoms with Crippen LogP contribution in [-0.2, 0) is 0 Å². The number of fused-ring (bicyclic) bond motifs is 3. The highest BCUT2D eigenvalue weighted by atomic mass is 19.1. The first kappa shape index (κ1) is 13.6. The van der Waals surface area contributed by atoms with Crippen LogP contribution in [0.1, 0.15) is 11.1 Å². The smallest absolute Gasteiger partial charge is 0.144 e. The monoisotopic (exact) mass is 310 g/mol. The average molecular weight is 310 g/mol. The molecule has 0 fully saturated rings. The molecule has 1 aliphatic rings. The number of anilines is 1. The van der Waals surface area contributed by atoms with Crippen molar-refractivity contribution in [2.75, 3.05) is 5.32 Å². The Morgan fingerprint density at radius 1 is 1.00 bits per heavy atom. The van der Waals surface area contributed by atoms with Gasteiger partial charge in [-0.1, -0.05) is 24.3 Å². The molecule has 0 radical (unpaired) electrons. The van der Waals surface area contributed by atoms with Gasteiger partial charge in [-0.15, -0.1) is 0 Å². The maximum Gasteiger partial charge on any atom is 0.144 e. The van der Waals surface area contributed by atoms with E-state index in [1.165, 1.54) is 18.2 Å². The molecule has 0 saturated carbocycles. The molecular weight excluding hydrogens is 298 g/mol. The largest absolute Gasteiger partial charge is 0.336 e. The van der Waals surface area contributed by atoms with E-state index in [4.69, 9.17) is 0 Å². The van der Waals surface area contributed by atoms with Crippen LogP contribution >= 0.6 is 0 Å². The Kier molecular flexibility index (Phi) is 2.97. The van der Waals surface area contributed by atoms with E-state index >= 15 is 0 Å². The Bertz CT molecular complexity index is 923. The lowest BCUT2D eigenvalue weighted by atomic mass is 10.1. The molecule has 2 N–H and O–H groups in total. The van der Waals surface area contributed by atoms with Crippen molar-refractivity contribution in [2.24, 2.45) is 4.99 Å². The first-order valence-electron chi connectivity index (χ1n) is 7.08. The average Bonchev–Trinajstić information content (AvgIpc) is 2.91. The zero-order chi connectivity index (χ0) is 16.0. The van der Waals surface area contributed by atoms with Crippen LogP contribution in [0.15, 0.2) is 47.6 Å². The van der Waals surface area contributed by atoms with Gasteiger partial charge in [0.15, 0.2) is 0 Å². The van der Waals surface area contributed by atoms with Crippen LogP contribution in [0.2, 0.25) is 0 Å². The summed E-state index contributed by atoms with van der Waals surface area (Å²) >= 11 is 0. The molecule has 0 bridgehead atoms. The summed E-state index contributed by atoms with van der Waals surface area (Å²) in [5.41, 5.74) is 3.56. The molecule has 0 saturated heterocycles.